The highest BCUT2D eigenvalue weighted by Gasteiger charge is 2.12. The van der Waals surface area contributed by atoms with Gasteiger partial charge in [0.1, 0.15) is 5.82 Å². The number of nitrogens with zero attached hydrogens (tertiary/aromatic N) is 2. The molecule has 0 fully saturated rings. The first kappa shape index (κ1) is 17.3. The molecule has 0 spiro atoms. The average Bonchev–Trinajstić information content (AvgIpc) is 2.69. The molecule has 0 bridgehead atoms. The van der Waals surface area contributed by atoms with Gasteiger partial charge in [-0.15, -0.1) is 0 Å². The van der Waals surface area contributed by atoms with Crippen LogP contribution in [0.15, 0.2) is 77.6 Å². The lowest BCUT2D eigenvalue weighted by Crippen LogP contribution is -2.23. The first-order valence-electron chi connectivity index (χ1n) is 8.65. The zero-order chi connectivity index (χ0) is 18.8. The van der Waals surface area contributed by atoms with Gasteiger partial charge in [0.2, 0.25) is 0 Å². The van der Waals surface area contributed by atoms with Crippen molar-refractivity contribution in [1.29, 1.82) is 0 Å². The SMILES string of the molecule is Cc1ccccc1-n1c(/C=C/c2ccc(Cl)cc2)nc2ccccc2c1=O. The van der Waals surface area contributed by atoms with E-state index in [9.17, 15) is 4.79 Å². The Bertz CT molecular complexity index is 1210. The van der Waals surface area contributed by atoms with Crippen molar-refractivity contribution in [2.75, 3.05) is 0 Å². The summed E-state index contributed by atoms with van der Waals surface area (Å²) in [6.45, 7) is 1.99. The van der Waals surface area contributed by atoms with Gasteiger partial charge in [-0.1, -0.05) is 60.1 Å². The Labute approximate surface area is 162 Å². The molecule has 0 N–H and O–H groups in total. The molecule has 0 unspecified atom stereocenters. The number of rotatable bonds is 3. The van der Waals surface area contributed by atoms with Crippen molar-refractivity contribution in [3.8, 4) is 5.69 Å². The van der Waals surface area contributed by atoms with Gasteiger partial charge in [0.05, 0.1) is 16.6 Å². The molecule has 0 aliphatic carbocycles. The molecular weight excluding hydrogens is 356 g/mol. The van der Waals surface area contributed by atoms with Crippen LogP contribution in [0.5, 0.6) is 0 Å². The van der Waals surface area contributed by atoms with Crippen LogP contribution in [0.1, 0.15) is 17.0 Å². The smallest absolute Gasteiger partial charge is 0.266 e. The Morgan fingerprint density at radius 3 is 2.37 bits per heavy atom. The summed E-state index contributed by atoms with van der Waals surface area (Å²) < 4.78 is 1.67. The van der Waals surface area contributed by atoms with E-state index in [-0.39, 0.29) is 5.56 Å². The molecule has 27 heavy (non-hydrogen) atoms. The minimum Gasteiger partial charge on any atom is -0.268 e. The van der Waals surface area contributed by atoms with Gasteiger partial charge in [-0.3, -0.25) is 9.36 Å². The van der Waals surface area contributed by atoms with Crippen molar-refractivity contribution >= 4 is 34.7 Å². The molecule has 0 radical (unpaired) electrons. The molecule has 1 heterocycles. The quantitative estimate of drug-likeness (QED) is 0.474. The normalized spacial score (nSPS) is 11.3. The minimum absolute atomic E-state index is 0.0781. The van der Waals surface area contributed by atoms with Crippen molar-refractivity contribution in [2.45, 2.75) is 6.92 Å². The molecule has 3 nitrogen and oxygen atoms in total. The van der Waals surface area contributed by atoms with Gasteiger partial charge < -0.3 is 0 Å². The number of para-hydroxylation sites is 2. The van der Waals surface area contributed by atoms with Crippen LogP contribution in [-0.4, -0.2) is 9.55 Å². The maximum Gasteiger partial charge on any atom is 0.266 e. The predicted molar refractivity (Wildman–Crippen MR) is 112 cm³/mol. The second-order valence-corrected chi connectivity index (χ2v) is 6.74. The van der Waals surface area contributed by atoms with Crippen LogP contribution in [-0.2, 0) is 0 Å². The first-order valence-corrected chi connectivity index (χ1v) is 9.03. The van der Waals surface area contributed by atoms with Gasteiger partial charge >= 0.3 is 0 Å². The number of aromatic nitrogens is 2. The highest BCUT2D eigenvalue weighted by atomic mass is 35.5. The van der Waals surface area contributed by atoms with Crippen LogP contribution in [0.3, 0.4) is 0 Å². The molecule has 132 valence electrons. The molecule has 4 heteroatoms. The van der Waals surface area contributed by atoms with Crippen molar-refractivity contribution in [3.63, 3.8) is 0 Å². The number of halogens is 1. The lowest BCUT2D eigenvalue weighted by molar-refractivity contribution is 0.934. The molecule has 0 aliphatic rings. The van der Waals surface area contributed by atoms with Crippen LogP contribution in [0.4, 0.5) is 0 Å². The van der Waals surface area contributed by atoms with Crippen molar-refractivity contribution < 1.29 is 0 Å². The Morgan fingerprint density at radius 2 is 1.59 bits per heavy atom. The molecule has 4 aromatic rings. The van der Waals surface area contributed by atoms with Crippen molar-refractivity contribution in [1.82, 2.24) is 9.55 Å². The fraction of sp³-hybridized carbons (Fsp3) is 0.0435. The summed E-state index contributed by atoms with van der Waals surface area (Å²) in [5.74, 6) is 0.586. The molecule has 0 amide bonds. The van der Waals surface area contributed by atoms with E-state index in [1.54, 1.807) is 4.57 Å². The number of hydrogen-bond acceptors (Lipinski definition) is 2. The standard InChI is InChI=1S/C23H17ClN2O/c1-16-6-2-5-9-21(16)26-22(15-12-17-10-13-18(24)14-11-17)25-20-8-4-3-7-19(20)23(26)27/h2-15H,1H3/b15-12+. The van der Waals surface area contributed by atoms with Crippen LogP contribution in [0, 0.1) is 6.92 Å². The number of aryl methyl sites for hydroxylation is 1. The molecule has 0 saturated heterocycles. The van der Waals surface area contributed by atoms with Crippen LogP contribution < -0.4 is 5.56 Å². The van der Waals surface area contributed by atoms with Crippen LogP contribution in [0.25, 0.3) is 28.7 Å². The van der Waals surface area contributed by atoms with Gasteiger partial charge in [0, 0.05) is 5.02 Å². The second-order valence-electron chi connectivity index (χ2n) is 6.30. The maximum absolute atomic E-state index is 13.2. The topological polar surface area (TPSA) is 34.9 Å². The fourth-order valence-electron chi connectivity index (χ4n) is 3.05. The Hall–Kier alpha value is -3.17. The number of hydrogen-bond donors (Lipinski definition) is 0. The highest BCUT2D eigenvalue weighted by molar-refractivity contribution is 6.30. The zero-order valence-electron chi connectivity index (χ0n) is 14.8. The van der Waals surface area contributed by atoms with Gasteiger partial charge in [0.15, 0.2) is 0 Å². The third-order valence-corrected chi connectivity index (χ3v) is 4.70. The molecule has 0 atom stereocenters. The van der Waals surface area contributed by atoms with Gasteiger partial charge in [0.25, 0.3) is 5.56 Å². The summed E-state index contributed by atoms with van der Waals surface area (Å²) in [7, 11) is 0. The van der Waals surface area contributed by atoms with E-state index in [0.29, 0.717) is 21.7 Å². The summed E-state index contributed by atoms with van der Waals surface area (Å²) in [5.41, 5.74) is 3.43. The zero-order valence-corrected chi connectivity index (χ0v) is 15.5. The van der Waals surface area contributed by atoms with Crippen molar-refractivity contribution in [2.24, 2.45) is 0 Å². The Kier molecular flexibility index (Phi) is 4.61. The van der Waals surface area contributed by atoms with E-state index < -0.39 is 0 Å². The summed E-state index contributed by atoms with van der Waals surface area (Å²) in [6, 6.07) is 22.8. The Morgan fingerprint density at radius 1 is 0.889 bits per heavy atom. The van der Waals surface area contributed by atoms with Crippen LogP contribution >= 0.6 is 11.6 Å². The summed E-state index contributed by atoms with van der Waals surface area (Å²) in [6.07, 6.45) is 3.80. The highest BCUT2D eigenvalue weighted by Crippen LogP contribution is 2.18. The van der Waals surface area contributed by atoms with E-state index in [4.69, 9.17) is 16.6 Å². The third kappa shape index (κ3) is 3.42. The monoisotopic (exact) mass is 372 g/mol. The summed E-state index contributed by atoms with van der Waals surface area (Å²) >= 11 is 5.96. The minimum atomic E-state index is -0.0781. The molecular formula is C23H17ClN2O. The maximum atomic E-state index is 13.2. The van der Waals surface area contributed by atoms with E-state index in [1.807, 2.05) is 91.9 Å². The number of fused-ring (bicyclic) bond motifs is 1. The van der Waals surface area contributed by atoms with Gasteiger partial charge in [-0.25, -0.2) is 4.98 Å². The summed E-state index contributed by atoms with van der Waals surface area (Å²) in [4.78, 5) is 18.0. The molecule has 0 aliphatic heterocycles. The van der Waals surface area contributed by atoms with Crippen LogP contribution in [0.2, 0.25) is 5.02 Å². The molecule has 1 aromatic heterocycles. The van der Waals surface area contributed by atoms with Gasteiger partial charge in [-0.05, 0) is 54.5 Å². The van der Waals surface area contributed by atoms with E-state index in [0.717, 1.165) is 16.8 Å². The predicted octanol–water partition coefficient (Wildman–Crippen LogP) is 5.52. The average molecular weight is 373 g/mol. The van der Waals surface area contributed by atoms with E-state index in [2.05, 4.69) is 0 Å². The second kappa shape index (κ2) is 7.22. The number of benzene rings is 3. The fourth-order valence-corrected chi connectivity index (χ4v) is 3.18. The first-order chi connectivity index (χ1) is 13.1. The lowest BCUT2D eigenvalue weighted by atomic mass is 10.1. The van der Waals surface area contributed by atoms with Crippen molar-refractivity contribution in [3.05, 3.63) is 105 Å². The lowest BCUT2D eigenvalue weighted by Gasteiger charge is -2.13. The van der Waals surface area contributed by atoms with E-state index in [1.165, 1.54) is 0 Å². The largest absolute Gasteiger partial charge is 0.268 e. The summed E-state index contributed by atoms with van der Waals surface area (Å²) in [5, 5.41) is 1.29. The molecule has 4 rings (SSSR count). The third-order valence-electron chi connectivity index (χ3n) is 4.45. The molecule has 0 saturated carbocycles. The Balaban J connectivity index is 1.95. The molecule has 3 aromatic carbocycles. The van der Waals surface area contributed by atoms with Gasteiger partial charge in [-0.2, -0.15) is 0 Å². The van der Waals surface area contributed by atoms with E-state index >= 15 is 0 Å².